The number of nitrogens with zero attached hydrogens (tertiary/aromatic N) is 2. The monoisotopic (exact) mass is 280 g/mol. The zero-order valence-corrected chi connectivity index (χ0v) is 12.3. The minimum atomic E-state index is -0.347. The van der Waals surface area contributed by atoms with E-state index in [0.717, 1.165) is 22.0 Å². The molecule has 3 aromatic rings. The minimum Gasteiger partial charge on any atom is -0.407 e. The standard InChI is InChI=1S/C17H16N2O2/c1-11-7-9-13(10-8-11)14-5-4-6-15-16(14)18-19(3)17(15)21-12(2)20/h4-10H,1-3H3. The highest BCUT2D eigenvalue weighted by atomic mass is 16.5. The fraction of sp³-hybridized carbons (Fsp3) is 0.176. The van der Waals surface area contributed by atoms with Gasteiger partial charge in [-0.2, -0.15) is 5.10 Å². The van der Waals surface area contributed by atoms with Crippen LogP contribution in [0.1, 0.15) is 12.5 Å². The first-order valence-corrected chi connectivity index (χ1v) is 6.77. The highest BCUT2D eigenvalue weighted by Gasteiger charge is 2.15. The van der Waals surface area contributed by atoms with E-state index in [1.807, 2.05) is 18.2 Å². The first kappa shape index (κ1) is 13.4. The number of fused-ring (bicyclic) bond motifs is 1. The molecule has 0 bridgehead atoms. The van der Waals surface area contributed by atoms with E-state index >= 15 is 0 Å². The van der Waals surface area contributed by atoms with Gasteiger partial charge in [-0.15, -0.1) is 0 Å². The Labute approximate surface area is 123 Å². The van der Waals surface area contributed by atoms with Crippen LogP contribution in [0.15, 0.2) is 42.5 Å². The molecule has 0 aliphatic rings. The smallest absolute Gasteiger partial charge is 0.309 e. The molecule has 0 amide bonds. The van der Waals surface area contributed by atoms with Crippen molar-refractivity contribution in [3.8, 4) is 17.0 Å². The number of esters is 1. The third-order valence-electron chi connectivity index (χ3n) is 3.41. The van der Waals surface area contributed by atoms with Crippen molar-refractivity contribution in [1.82, 2.24) is 9.78 Å². The van der Waals surface area contributed by atoms with Crippen LogP contribution in [0.2, 0.25) is 0 Å². The zero-order chi connectivity index (χ0) is 15.0. The summed E-state index contributed by atoms with van der Waals surface area (Å²) in [6.07, 6.45) is 0. The third-order valence-corrected chi connectivity index (χ3v) is 3.41. The number of hydrogen-bond donors (Lipinski definition) is 0. The normalized spacial score (nSPS) is 10.8. The number of aromatic nitrogens is 2. The number of carbonyl (C=O) groups excluding carboxylic acids is 1. The van der Waals surface area contributed by atoms with Gasteiger partial charge < -0.3 is 4.74 Å². The van der Waals surface area contributed by atoms with Crippen LogP contribution in [-0.4, -0.2) is 15.7 Å². The highest BCUT2D eigenvalue weighted by molar-refractivity contribution is 5.97. The predicted molar refractivity (Wildman–Crippen MR) is 82.2 cm³/mol. The number of hydrogen-bond acceptors (Lipinski definition) is 3. The van der Waals surface area contributed by atoms with Crippen molar-refractivity contribution >= 4 is 16.9 Å². The molecule has 0 aliphatic heterocycles. The minimum absolute atomic E-state index is 0.347. The average Bonchev–Trinajstić information content (AvgIpc) is 2.76. The lowest BCUT2D eigenvalue weighted by atomic mass is 10.0. The number of ether oxygens (including phenoxy) is 1. The van der Waals surface area contributed by atoms with Crippen molar-refractivity contribution in [2.75, 3.05) is 0 Å². The number of aryl methyl sites for hydroxylation is 2. The molecule has 0 fully saturated rings. The molecule has 0 N–H and O–H groups in total. The number of rotatable bonds is 2. The summed E-state index contributed by atoms with van der Waals surface area (Å²) in [5, 5.41) is 5.34. The van der Waals surface area contributed by atoms with Gasteiger partial charge in [0.2, 0.25) is 5.88 Å². The Hall–Kier alpha value is -2.62. The van der Waals surface area contributed by atoms with Crippen molar-refractivity contribution in [3.63, 3.8) is 0 Å². The van der Waals surface area contributed by atoms with E-state index in [4.69, 9.17) is 4.74 Å². The zero-order valence-electron chi connectivity index (χ0n) is 12.3. The molecule has 3 rings (SSSR count). The van der Waals surface area contributed by atoms with Gasteiger partial charge in [-0.25, -0.2) is 4.68 Å². The topological polar surface area (TPSA) is 44.1 Å². The molecule has 4 heteroatoms. The molecule has 2 aromatic carbocycles. The molecule has 0 saturated heterocycles. The predicted octanol–water partition coefficient (Wildman–Crippen LogP) is 3.47. The van der Waals surface area contributed by atoms with Gasteiger partial charge in [0.05, 0.1) is 5.39 Å². The second-order valence-electron chi connectivity index (χ2n) is 5.09. The van der Waals surface area contributed by atoms with Crippen LogP contribution in [0, 0.1) is 6.92 Å². The molecular weight excluding hydrogens is 264 g/mol. The van der Waals surface area contributed by atoms with E-state index < -0.39 is 0 Å². The summed E-state index contributed by atoms with van der Waals surface area (Å²) in [6, 6.07) is 14.2. The van der Waals surface area contributed by atoms with Crippen LogP contribution in [0.3, 0.4) is 0 Å². The van der Waals surface area contributed by atoms with Crippen LogP contribution in [0.25, 0.3) is 22.0 Å². The van der Waals surface area contributed by atoms with E-state index in [9.17, 15) is 4.79 Å². The maximum atomic E-state index is 11.2. The van der Waals surface area contributed by atoms with E-state index in [1.54, 1.807) is 11.7 Å². The average molecular weight is 280 g/mol. The molecule has 0 spiro atoms. The summed E-state index contributed by atoms with van der Waals surface area (Å²) in [5.74, 6) is 0.132. The van der Waals surface area contributed by atoms with Crippen LogP contribution in [0.5, 0.6) is 5.88 Å². The van der Waals surface area contributed by atoms with Crippen LogP contribution >= 0.6 is 0 Å². The number of benzene rings is 2. The summed E-state index contributed by atoms with van der Waals surface area (Å²) in [4.78, 5) is 11.2. The molecule has 0 aliphatic carbocycles. The first-order valence-electron chi connectivity index (χ1n) is 6.77. The van der Waals surface area contributed by atoms with Gasteiger partial charge >= 0.3 is 5.97 Å². The molecule has 1 heterocycles. The van der Waals surface area contributed by atoms with Gasteiger partial charge in [-0.1, -0.05) is 42.0 Å². The fourth-order valence-electron chi connectivity index (χ4n) is 2.42. The molecular formula is C17H16N2O2. The second-order valence-corrected chi connectivity index (χ2v) is 5.09. The van der Waals surface area contributed by atoms with E-state index in [0.29, 0.717) is 5.88 Å². The molecule has 0 atom stereocenters. The summed E-state index contributed by atoms with van der Waals surface area (Å²) < 4.78 is 6.87. The lowest BCUT2D eigenvalue weighted by Gasteiger charge is -2.03. The molecule has 21 heavy (non-hydrogen) atoms. The van der Waals surface area contributed by atoms with Crippen molar-refractivity contribution in [3.05, 3.63) is 48.0 Å². The molecule has 4 nitrogen and oxygen atoms in total. The van der Waals surface area contributed by atoms with Crippen molar-refractivity contribution < 1.29 is 9.53 Å². The summed E-state index contributed by atoms with van der Waals surface area (Å²) >= 11 is 0. The van der Waals surface area contributed by atoms with Gasteiger partial charge in [-0.3, -0.25) is 4.79 Å². The Kier molecular flexibility index (Phi) is 3.22. The van der Waals surface area contributed by atoms with Crippen molar-refractivity contribution in [2.45, 2.75) is 13.8 Å². The highest BCUT2D eigenvalue weighted by Crippen LogP contribution is 2.33. The molecule has 0 unspecified atom stereocenters. The Morgan fingerprint density at radius 2 is 1.86 bits per heavy atom. The van der Waals surface area contributed by atoms with Gasteiger partial charge in [0.1, 0.15) is 5.52 Å². The van der Waals surface area contributed by atoms with Gasteiger partial charge in [0, 0.05) is 19.5 Å². The van der Waals surface area contributed by atoms with Crippen molar-refractivity contribution in [2.24, 2.45) is 7.05 Å². The van der Waals surface area contributed by atoms with Crippen LogP contribution in [0.4, 0.5) is 0 Å². The second kappa shape index (κ2) is 5.05. The Bertz CT molecular complexity index is 817. The Balaban J connectivity index is 2.21. The van der Waals surface area contributed by atoms with Gasteiger partial charge in [0.15, 0.2) is 0 Å². The lowest BCUT2D eigenvalue weighted by Crippen LogP contribution is -2.05. The Morgan fingerprint density at radius 3 is 2.52 bits per heavy atom. The van der Waals surface area contributed by atoms with Crippen LogP contribution in [-0.2, 0) is 11.8 Å². The largest absolute Gasteiger partial charge is 0.407 e. The SMILES string of the molecule is CC(=O)Oc1c2cccc(-c3ccc(C)cc3)c2nn1C. The van der Waals surface area contributed by atoms with Crippen molar-refractivity contribution in [1.29, 1.82) is 0 Å². The number of carbonyl (C=O) groups is 1. The van der Waals surface area contributed by atoms with Gasteiger partial charge in [0.25, 0.3) is 0 Å². The van der Waals surface area contributed by atoms with E-state index in [-0.39, 0.29) is 5.97 Å². The molecule has 106 valence electrons. The first-order chi connectivity index (χ1) is 10.1. The molecule has 0 saturated carbocycles. The molecule has 1 aromatic heterocycles. The third kappa shape index (κ3) is 2.40. The van der Waals surface area contributed by atoms with E-state index in [1.165, 1.54) is 12.5 Å². The summed E-state index contributed by atoms with van der Waals surface area (Å²) in [6.45, 7) is 3.45. The maximum absolute atomic E-state index is 11.2. The van der Waals surface area contributed by atoms with E-state index in [2.05, 4.69) is 36.3 Å². The molecule has 0 radical (unpaired) electrons. The van der Waals surface area contributed by atoms with Gasteiger partial charge in [-0.05, 0) is 18.6 Å². The Morgan fingerprint density at radius 1 is 1.14 bits per heavy atom. The lowest BCUT2D eigenvalue weighted by molar-refractivity contribution is -0.132. The maximum Gasteiger partial charge on any atom is 0.309 e. The quantitative estimate of drug-likeness (QED) is 0.675. The fourth-order valence-corrected chi connectivity index (χ4v) is 2.42. The summed E-state index contributed by atoms with van der Waals surface area (Å²) in [7, 11) is 1.77. The van der Waals surface area contributed by atoms with Crippen LogP contribution < -0.4 is 4.74 Å². The summed E-state index contributed by atoms with van der Waals surface area (Å²) in [5.41, 5.74) is 4.17.